The van der Waals surface area contributed by atoms with Crippen LogP contribution in [-0.4, -0.2) is 159 Å². The number of carbonyl (C=O) groups is 9. The molecule has 0 bridgehead atoms. The van der Waals surface area contributed by atoms with Gasteiger partial charge in [0.15, 0.2) is 0 Å². The smallest absolute Gasteiger partial charge is 0.246 e. The molecule has 8 atom stereocenters. The van der Waals surface area contributed by atoms with Gasteiger partial charge in [-0.15, -0.1) is 0 Å². The number of rotatable bonds is 11. The zero-order chi connectivity index (χ0) is 44.8. The van der Waals surface area contributed by atoms with Crippen molar-refractivity contribution in [2.45, 2.75) is 99.8 Å². The summed E-state index contributed by atoms with van der Waals surface area (Å²) in [4.78, 5) is 124. The average Bonchev–Trinajstić information content (AvgIpc) is 3.87. The normalized spacial score (nSPS) is 27.5. The topological polar surface area (TPSA) is 365 Å². The lowest BCUT2D eigenvalue weighted by molar-refractivity contribution is -0.144. The predicted molar refractivity (Wildman–Crippen MR) is 222 cm³/mol. The largest absolute Gasteiger partial charge is 0.508 e. The second-order valence-corrected chi connectivity index (χ2v) is 17.5. The van der Waals surface area contributed by atoms with Crippen molar-refractivity contribution >= 4 is 74.8 Å². The molecular formula is C37H55N11O11S2. The first kappa shape index (κ1) is 48.5. The molecule has 22 nitrogen and oxygen atoms in total. The van der Waals surface area contributed by atoms with Crippen LogP contribution in [0.2, 0.25) is 0 Å². The maximum absolute atomic E-state index is 14.2. The molecular weight excluding hydrogens is 839 g/mol. The molecule has 3 fully saturated rings. The number of benzene rings is 1. The molecule has 0 aliphatic carbocycles. The van der Waals surface area contributed by atoms with Crippen LogP contribution in [0.4, 0.5) is 0 Å². The summed E-state index contributed by atoms with van der Waals surface area (Å²) in [5, 5.41) is 33.4. The van der Waals surface area contributed by atoms with Crippen LogP contribution in [0.15, 0.2) is 24.3 Å². The Kier molecular flexibility index (Phi) is 18.4. The highest BCUT2D eigenvalue weighted by Gasteiger charge is 2.44. The van der Waals surface area contributed by atoms with Gasteiger partial charge in [0.2, 0.25) is 53.2 Å². The van der Waals surface area contributed by atoms with Gasteiger partial charge in [0.1, 0.15) is 48.0 Å². The van der Waals surface area contributed by atoms with Crippen LogP contribution >= 0.6 is 21.6 Å². The lowest BCUT2D eigenvalue weighted by Crippen LogP contribution is -2.60. The molecule has 0 unspecified atom stereocenters. The van der Waals surface area contributed by atoms with Crippen molar-refractivity contribution in [2.24, 2.45) is 22.9 Å². The molecule has 4 rings (SSSR count). The molecule has 3 aliphatic rings. The van der Waals surface area contributed by atoms with E-state index in [4.69, 9.17) is 22.9 Å². The van der Waals surface area contributed by atoms with Crippen molar-refractivity contribution < 1.29 is 53.4 Å². The minimum Gasteiger partial charge on any atom is -0.508 e. The number of primary amides is 2. The fourth-order valence-corrected chi connectivity index (χ4v) is 9.52. The predicted octanol–water partition coefficient (Wildman–Crippen LogP) is -4.85. The Morgan fingerprint density at radius 2 is 1.43 bits per heavy atom. The van der Waals surface area contributed by atoms with E-state index < -0.39 is 115 Å². The number of hydrogen-bond donors (Lipinski definition) is 11. The number of phenolic OH excluding ortho intramolecular Hbond substituents is 1. The van der Waals surface area contributed by atoms with Gasteiger partial charge >= 0.3 is 0 Å². The molecule has 15 N–H and O–H groups in total. The summed E-state index contributed by atoms with van der Waals surface area (Å²) in [5.41, 5.74) is 22.8. The Morgan fingerprint density at radius 1 is 0.787 bits per heavy atom. The number of nitrogens with one attached hydrogen (secondary N) is 5. The minimum atomic E-state index is -1.62. The average molecular weight is 894 g/mol. The third-order valence-corrected chi connectivity index (χ3v) is 12.8. The lowest BCUT2D eigenvalue weighted by Gasteiger charge is -2.31. The SMILES string of the molecule is NCCCC[C@H]1NC(=O)[C@@H]2CCCN2C(=O)[C@@H](CC(N)=O)NC(=O)[C@@H](Cc2ccc(O)cc2)NC(=O)[C@@H]2C[C@@H](O)CN2C(=O)[C@@H](NC(=O)CN)CSSC[C@H](C(N)=O)NC1=O. The van der Waals surface area contributed by atoms with Crippen molar-refractivity contribution in [2.75, 3.05) is 37.7 Å². The summed E-state index contributed by atoms with van der Waals surface area (Å²) in [5.74, 6) is -7.79. The summed E-state index contributed by atoms with van der Waals surface area (Å²) in [7, 11) is 2.07. The van der Waals surface area contributed by atoms with E-state index in [0.717, 1.165) is 26.5 Å². The zero-order valence-corrected chi connectivity index (χ0v) is 35.0. The molecule has 0 radical (unpaired) electrons. The Hall–Kier alpha value is -5.17. The first-order chi connectivity index (χ1) is 29.0. The van der Waals surface area contributed by atoms with Crippen molar-refractivity contribution in [1.82, 2.24) is 36.4 Å². The molecule has 3 saturated heterocycles. The Morgan fingerprint density at radius 3 is 2.08 bits per heavy atom. The molecule has 9 amide bonds. The number of unbranched alkanes of at least 4 members (excludes halogenated alkanes) is 1. The Labute approximate surface area is 359 Å². The first-order valence-electron chi connectivity index (χ1n) is 19.8. The number of phenols is 1. The number of carbonyl (C=O) groups excluding carboxylic acids is 9. The van der Waals surface area contributed by atoms with E-state index in [1.54, 1.807) is 0 Å². The van der Waals surface area contributed by atoms with Crippen LogP contribution in [0.1, 0.15) is 50.5 Å². The van der Waals surface area contributed by atoms with Crippen LogP contribution in [0.5, 0.6) is 5.75 Å². The monoisotopic (exact) mass is 893 g/mol. The molecule has 61 heavy (non-hydrogen) atoms. The number of nitrogens with zero attached hydrogens (tertiary/aromatic N) is 2. The fourth-order valence-electron chi connectivity index (χ4n) is 7.18. The maximum atomic E-state index is 14.2. The molecule has 0 spiro atoms. The van der Waals surface area contributed by atoms with Crippen LogP contribution in [0.3, 0.4) is 0 Å². The molecule has 336 valence electrons. The highest BCUT2D eigenvalue weighted by molar-refractivity contribution is 8.76. The van der Waals surface area contributed by atoms with Crippen LogP contribution in [-0.2, 0) is 49.6 Å². The number of hydrogen-bond acceptors (Lipinski definition) is 15. The summed E-state index contributed by atoms with van der Waals surface area (Å²) in [6.07, 6.45) is -0.819. The molecule has 24 heteroatoms. The quantitative estimate of drug-likeness (QED) is 0.0733. The van der Waals surface area contributed by atoms with Crippen molar-refractivity contribution in [1.29, 1.82) is 0 Å². The number of fused-ring (bicyclic) bond motifs is 2. The van der Waals surface area contributed by atoms with Gasteiger partial charge in [-0.1, -0.05) is 33.7 Å². The van der Waals surface area contributed by atoms with Crippen LogP contribution < -0.4 is 49.5 Å². The number of nitrogens with two attached hydrogens (primary N) is 4. The Bertz CT molecular complexity index is 1790. The van der Waals surface area contributed by atoms with E-state index in [9.17, 15) is 53.4 Å². The van der Waals surface area contributed by atoms with Gasteiger partial charge in [-0.25, -0.2) is 0 Å². The van der Waals surface area contributed by atoms with Crippen molar-refractivity contribution in [3.05, 3.63) is 29.8 Å². The Balaban J connectivity index is 1.75. The van der Waals surface area contributed by atoms with Gasteiger partial charge in [0.05, 0.1) is 19.1 Å². The summed E-state index contributed by atoms with van der Waals surface area (Å²) in [6, 6.07) is -3.65. The van der Waals surface area contributed by atoms with E-state index in [-0.39, 0.29) is 56.0 Å². The van der Waals surface area contributed by atoms with E-state index in [1.165, 1.54) is 29.2 Å². The second-order valence-electron chi connectivity index (χ2n) is 15.0. The van der Waals surface area contributed by atoms with Gasteiger partial charge in [0, 0.05) is 37.4 Å². The fraction of sp³-hybridized carbons (Fsp3) is 0.595. The first-order valence-corrected chi connectivity index (χ1v) is 22.3. The third-order valence-electron chi connectivity index (χ3n) is 10.3. The van der Waals surface area contributed by atoms with Gasteiger partial charge < -0.3 is 69.5 Å². The molecule has 0 saturated carbocycles. The molecule has 0 aromatic heterocycles. The van der Waals surface area contributed by atoms with E-state index in [2.05, 4.69) is 26.6 Å². The summed E-state index contributed by atoms with van der Waals surface area (Å²) in [6.45, 7) is -0.469. The minimum absolute atomic E-state index is 0.0407. The van der Waals surface area contributed by atoms with Gasteiger partial charge in [-0.05, 0) is 56.3 Å². The van der Waals surface area contributed by atoms with E-state index >= 15 is 0 Å². The third kappa shape index (κ3) is 13.9. The van der Waals surface area contributed by atoms with Gasteiger partial charge in [0.25, 0.3) is 0 Å². The molecule has 3 heterocycles. The second kappa shape index (κ2) is 23.2. The maximum Gasteiger partial charge on any atom is 0.246 e. The van der Waals surface area contributed by atoms with Crippen molar-refractivity contribution in [3.8, 4) is 5.75 Å². The lowest BCUT2D eigenvalue weighted by atomic mass is 10.0. The number of aliphatic hydroxyl groups is 1. The molecule has 3 aliphatic heterocycles. The number of aliphatic hydroxyl groups excluding tert-OH is 1. The van der Waals surface area contributed by atoms with E-state index in [1.807, 2.05) is 0 Å². The highest BCUT2D eigenvalue weighted by atomic mass is 33.1. The van der Waals surface area contributed by atoms with Crippen molar-refractivity contribution in [3.63, 3.8) is 0 Å². The zero-order valence-electron chi connectivity index (χ0n) is 33.4. The standard InChI is InChI=1S/C37H55N11O11S2/c38-10-2-1-4-22-32(54)46-25(31(41)53)17-60-61-18-26(42-30(52)15-39)37(59)48-16-21(50)13-28(48)35(57)44-23(12-19-6-8-20(49)9-7-19)33(55)45-24(14-29(40)51)36(58)47-11-3-5-27(47)34(56)43-22/h6-9,21-28,49-50H,1-5,10-18,38-39H2,(H2,40,51)(H2,41,53)(H,42,52)(H,43,56)(H,44,57)(H,45,55)(H,46,54)/t21-,22-,23-,24-,25-,26+,27+,28+/m1/s1. The molecule has 1 aromatic rings. The van der Waals surface area contributed by atoms with Gasteiger partial charge in [-0.2, -0.15) is 0 Å². The highest BCUT2D eigenvalue weighted by Crippen LogP contribution is 2.27. The van der Waals surface area contributed by atoms with Crippen LogP contribution in [0, 0.1) is 0 Å². The summed E-state index contributed by atoms with van der Waals surface area (Å²) >= 11 is 0. The number of amides is 9. The van der Waals surface area contributed by atoms with Crippen LogP contribution in [0.25, 0.3) is 0 Å². The molecule has 1 aromatic carbocycles. The summed E-state index contributed by atoms with van der Waals surface area (Å²) < 4.78 is 0. The van der Waals surface area contributed by atoms with Gasteiger partial charge in [-0.3, -0.25) is 43.2 Å². The number of aromatic hydroxyl groups is 1. The van der Waals surface area contributed by atoms with E-state index in [0.29, 0.717) is 31.4 Å².